The molecule has 0 radical (unpaired) electrons. The van der Waals surface area contributed by atoms with Crippen LogP contribution >= 0.6 is 11.3 Å². The zero-order chi connectivity index (χ0) is 14.1. The van der Waals surface area contributed by atoms with Gasteiger partial charge in [0.15, 0.2) is 0 Å². The molecule has 0 bridgehead atoms. The van der Waals surface area contributed by atoms with Gasteiger partial charge in [-0.1, -0.05) is 0 Å². The van der Waals surface area contributed by atoms with Crippen LogP contribution in [0, 0.1) is 12.3 Å². The molecule has 0 unspecified atom stereocenters. The van der Waals surface area contributed by atoms with Gasteiger partial charge in [-0.05, 0) is 53.8 Å². The molecule has 0 saturated heterocycles. The van der Waals surface area contributed by atoms with Crippen molar-refractivity contribution in [2.45, 2.75) is 32.4 Å². The fraction of sp³-hybridized carbons (Fsp3) is 0.333. The second-order valence-corrected chi connectivity index (χ2v) is 6.01. The summed E-state index contributed by atoms with van der Waals surface area (Å²) in [7, 11) is 0. The predicted molar refractivity (Wildman–Crippen MR) is 83.5 cm³/mol. The van der Waals surface area contributed by atoms with E-state index in [4.69, 9.17) is 11.1 Å². The Balaban J connectivity index is 1.99. The fourth-order valence-corrected chi connectivity index (χ4v) is 3.10. The van der Waals surface area contributed by atoms with E-state index in [0.717, 1.165) is 23.5 Å². The minimum absolute atomic E-state index is 0.0987. The molecule has 4 nitrogen and oxygen atoms in total. The second-order valence-electron chi connectivity index (χ2n) is 5.23. The molecule has 3 N–H and O–H groups in total. The molecule has 2 aromatic heterocycles. The zero-order valence-corrected chi connectivity index (χ0v) is 12.3. The number of thiophene rings is 1. The number of pyridine rings is 1. The summed E-state index contributed by atoms with van der Waals surface area (Å²) in [6.45, 7) is 2.82. The third kappa shape index (κ3) is 2.54. The quantitative estimate of drug-likeness (QED) is 0.656. The van der Waals surface area contributed by atoms with Crippen LogP contribution in [0.4, 0.5) is 5.82 Å². The lowest BCUT2D eigenvalue weighted by Gasteiger charge is -2.26. The molecule has 1 aliphatic rings. The van der Waals surface area contributed by atoms with Gasteiger partial charge in [-0.25, -0.2) is 4.98 Å². The van der Waals surface area contributed by atoms with Crippen molar-refractivity contribution in [1.82, 2.24) is 4.98 Å². The van der Waals surface area contributed by atoms with Crippen LogP contribution in [-0.4, -0.2) is 16.9 Å². The van der Waals surface area contributed by atoms with Gasteiger partial charge in [-0.3, -0.25) is 5.41 Å². The molecule has 0 spiro atoms. The summed E-state index contributed by atoms with van der Waals surface area (Å²) >= 11 is 1.71. The van der Waals surface area contributed by atoms with Gasteiger partial charge in [-0.2, -0.15) is 11.3 Å². The maximum Gasteiger partial charge on any atom is 0.140 e. The van der Waals surface area contributed by atoms with E-state index in [1.807, 2.05) is 13.0 Å². The highest BCUT2D eigenvalue weighted by atomic mass is 32.1. The van der Waals surface area contributed by atoms with Gasteiger partial charge in [0.05, 0.1) is 5.56 Å². The molecule has 0 aromatic carbocycles. The lowest BCUT2D eigenvalue weighted by molar-refractivity contribution is 0.778. The smallest absolute Gasteiger partial charge is 0.140 e. The predicted octanol–water partition coefficient (Wildman–Crippen LogP) is 2.90. The van der Waals surface area contributed by atoms with E-state index < -0.39 is 0 Å². The molecule has 1 fully saturated rings. The number of nitrogens with zero attached hydrogens (tertiary/aromatic N) is 2. The van der Waals surface area contributed by atoms with Crippen LogP contribution in [0.2, 0.25) is 0 Å². The van der Waals surface area contributed by atoms with Crippen molar-refractivity contribution in [2.75, 3.05) is 4.90 Å². The van der Waals surface area contributed by atoms with Gasteiger partial charge in [0.2, 0.25) is 0 Å². The molecule has 0 aliphatic heterocycles. The SMILES string of the molecule is Cc1ccnc(N(Cc2ccsc2)C2CC2)c1C(=N)N. The Bertz CT molecular complexity index is 617. The Hall–Kier alpha value is -1.88. The van der Waals surface area contributed by atoms with Crippen molar-refractivity contribution in [3.63, 3.8) is 0 Å². The van der Waals surface area contributed by atoms with Gasteiger partial charge in [0.25, 0.3) is 0 Å². The van der Waals surface area contributed by atoms with Crippen LogP contribution in [0.15, 0.2) is 29.1 Å². The molecule has 0 atom stereocenters. The van der Waals surface area contributed by atoms with Crippen LogP contribution in [0.3, 0.4) is 0 Å². The molecular formula is C15H18N4S. The Kier molecular flexibility index (Phi) is 3.44. The highest BCUT2D eigenvalue weighted by Gasteiger charge is 2.32. The summed E-state index contributed by atoms with van der Waals surface area (Å²) in [4.78, 5) is 6.81. The highest BCUT2D eigenvalue weighted by Crippen LogP contribution is 2.34. The summed E-state index contributed by atoms with van der Waals surface area (Å²) in [5.41, 5.74) is 8.84. The number of rotatable bonds is 5. The monoisotopic (exact) mass is 286 g/mol. The minimum atomic E-state index is 0.0987. The molecule has 2 aromatic rings. The summed E-state index contributed by atoms with van der Waals surface area (Å²) in [6.07, 6.45) is 4.19. The Morgan fingerprint density at radius 3 is 2.90 bits per heavy atom. The molecule has 5 heteroatoms. The Morgan fingerprint density at radius 2 is 2.30 bits per heavy atom. The maximum atomic E-state index is 7.83. The molecule has 1 aliphatic carbocycles. The van der Waals surface area contributed by atoms with E-state index >= 15 is 0 Å². The largest absolute Gasteiger partial charge is 0.384 e. The first-order valence-electron chi connectivity index (χ1n) is 6.74. The van der Waals surface area contributed by atoms with E-state index in [2.05, 4.69) is 26.7 Å². The first-order valence-corrected chi connectivity index (χ1v) is 7.69. The fourth-order valence-electron chi connectivity index (χ4n) is 2.44. The highest BCUT2D eigenvalue weighted by molar-refractivity contribution is 7.07. The average molecular weight is 286 g/mol. The Morgan fingerprint density at radius 1 is 1.50 bits per heavy atom. The number of nitrogens with one attached hydrogen (secondary N) is 1. The summed E-state index contributed by atoms with van der Waals surface area (Å²) in [5, 5.41) is 12.1. The summed E-state index contributed by atoms with van der Waals surface area (Å²) in [5.74, 6) is 0.952. The molecular weight excluding hydrogens is 268 g/mol. The normalized spacial score (nSPS) is 14.2. The van der Waals surface area contributed by atoms with Gasteiger partial charge in [0.1, 0.15) is 11.7 Å². The van der Waals surface area contributed by atoms with Gasteiger partial charge in [0, 0.05) is 18.8 Å². The number of aryl methyl sites for hydroxylation is 1. The number of aromatic nitrogens is 1. The maximum absolute atomic E-state index is 7.83. The molecule has 104 valence electrons. The van der Waals surface area contributed by atoms with Gasteiger partial charge < -0.3 is 10.6 Å². The lowest BCUT2D eigenvalue weighted by atomic mass is 10.1. The average Bonchev–Trinajstić information content (AvgIpc) is 3.12. The van der Waals surface area contributed by atoms with Crippen molar-refractivity contribution in [3.05, 3.63) is 45.8 Å². The van der Waals surface area contributed by atoms with Gasteiger partial charge in [-0.15, -0.1) is 0 Å². The molecule has 2 heterocycles. The van der Waals surface area contributed by atoms with Crippen molar-refractivity contribution in [1.29, 1.82) is 5.41 Å². The van der Waals surface area contributed by atoms with Crippen molar-refractivity contribution >= 4 is 23.0 Å². The molecule has 1 saturated carbocycles. The van der Waals surface area contributed by atoms with E-state index in [1.165, 1.54) is 18.4 Å². The number of nitrogens with two attached hydrogens (primary N) is 1. The number of amidine groups is 1. The van der Waals surface area contributed by atoms with Crippen molar-refractivity contribution in [3.8, 4) is 0 Å². The van der Waals surface area contributed by atoms with Crippen LogP contribution < -0.4 is 10.6 Å². The van der Waals surface area contributed by atoms with Crippen LogP contribution in [0.25, 0.3) is 0 Å². The number of hydrogen-bond donors (Lipinski definition) is 2. The Labute approximate surface area is 122 Å². The van der Waals surface area contributed by atoms with E-state index in [-0.39, 0.29) is 5.84 Å². The molecule has 20 heavy (non-hydrogen) atoms. The third-order valence-corrected chi connectivity index (χ3v) is 4.33. The first-order chi connectivity index (χ1) is 9.66. The minimum Gasteiger partial charge on any atom is -0.384 e. The van der Waals surface area contributed by atoms with Crippen molar-refractivity contribution < 1.29 is 0 Å². The van der Waals surface area contributed by atoms with Crippen molar-refractivity contribution in [2.24, 2.45) is 5.73 Å². The number of hydrogen-bond acceptors (Lipinski definition) is 4. The first kappa shape index (κ1) is 13.1. The van der Waals surface area contributed by atoms with Crippen LogP contribution in [0.5, 0.6) is 0 Å². The standard InChI is InChI=1S/C15H18N4S/c1-10-4-6-18-15(13(10)14(16)17)19(12-2-3-12)8-11-5-7-20-9-11/h4-7,9,12H,2-3,8H2,1H3,(H3,16,17). The summed E-state index contributed by atoms with van der Waals surface area (Å²) < 4.78 is 0. The molecule has 3 rings (SSSR count). The number of nitrogen functional groups attached to an aromatic ring is 1. The van der Waals surface area contributed by atoms with Crippen LogP contribution in [-0.2, 0) is 6.54 Å². The number of anilines is 1. The third-order valence-electron chi connectivity index (χ3n) is 3.60. The van der Waals surface area contributed by atoms with E-state index in [1.54, 1.807) is 17.5 Å². The van der Waals surface area contributed by atoms with Gasteiger partial charge >= 0.3 is 0 Å². The zero-order valence-electron chi connectivity index (χ0n) is 11.5. The lowest BCUT2D eigenvalue weighted by Crippen LogP contribution is -2.29. The molecule has 0 amide bonds. The van der Waals surface area contributed by atoms with E-state index in [0.29, 0.717) is 6.04 Å². The topological polar surface area (TPSA) is 66.0 Å². The second kappa shape index (κ2) is 5.25. The van der Waals surface area contributed by atoms with Crippen LogP contribution in [0.1, 0.15) is 29.5 Å². The van der Waals surface area contributed by atoms with E-state index in [9.17, 15) is 0 Å². The summed E-state index contributed by atoms with van der Waals surface area (Å²) in [6, 6.07) is 4.58.